The lowest BCUT2D eigenvalue weighted by molar-refractivity contribution is 0.171. The second kappa shape index (κ2) is 7.14. The number of benzene rings is 1. The molecule has 4 rings (SSSR count). The van der Waals surface area contributed by atoms with Gasteiger partial charge in [-0.25, -0.2) is 4.98 Å². The topological polar surface area (TPSA) is 49.9 Å². The van der Waals surface area contributed by atoms with E-state index >= 15 is 0 Å². The predicted octanol–water partition coefficient (Wildman–Crippen LogP) is 2.37. The highest BCUT2D eigenvalue weighted by molar-refractivity contribution is 7.80. The Bertz CT molecular complexity index is 748. The second-order valence-electron chi connectivity index (χ2n) is 5.95. The van der Waals surface area contributed by atoms with Crippen molar-refractivity contribution in [2.75, 3.05) is 49.6 Å². The van der Waals surface area contributed by atoms with Crippen LogP contribution in [0.2, 0.25) is 0 Å². The molecule has 2 aliphatic heterocycles. The lowest BCUT2D eigenvalue weighted by Gasteiger charge is -2.36. The minimum absolute atomic E-state index is 0.580. The fourth-order valence-corrected chi connectivity index (χ4v) is 3.30. The number of piperazine rings is 1. The maximum atomic E-state index is 5.62. The molecule has 0 bridgehead atoms. The molecule has 0 saturated carbocycles. The van der Waals surface area contributed by atoms with Crippen molar-refractivity contribution in [2.45, 2.75) is 0 Å². The second-order valence-corrected chi connectivity index (χ2v) is 6.34. The van der Waals surface area contributed by atoms with Gasteiger partial charge in [-0.2, -0.15) is 0 Å². The fraction of sp³-hybridized carbons (Fsp3) is 0.333. The summed E-state index contributed by atoms with van der Waals surface area (Å²) in [7, 11) is 0. The van der Waals surface area contributed by atoms with Gasteiger partial charge in [-0.1, -0.05) is 6.07 Å². The van der Waals surface area contributed by atoms with Crippen LogP contribution in [0.4, 0.5) is 11.5 Å². The van der Waals surface area contributed by atoms with Gasteiger partial charge in [0.1, 0.15) is 19.0 Å². The minimum atomic E-state index is 0.580. The minimum Gasteiger partial charge on any atom is -0.486 e. The Kier molecular flexibility index (Phi) is 4.56. The number of aromatic nitrogens is 1. The van der Waals surface area contributed by atoms with Crippen molar-refractivity contribution in [3.05, 3.63) is 42.6 Å². The van der Waals surface area contributed by atoms with Crippen LogP contribution in [0, 0.1) is 0 Å². The monoisotopic (exact) mass is 356 g/mol. The molecule has 0 unspecified atom stereocenters. The van der Waals surface area contributed by atoms with Crippen LogP contribution in [0.1, 0.15) is 0 Å². The van der Waals surface area contributed by atoms with E-state index in [2.05, 4.69) is 20.1 Å². The first-order chi connectivity index (χ1) is 12.3. The summed E-state index contributed by atoms with van der Waals surface area (Å²) in [5, 5.41) is 4.04. The number of hydrogen-bond acceptors (Lipinski definition) is 5. The summed E-state index contributed by atoms with van der Waals surface area (Å²) < 4.78 is 11.2. The molecule has 1 aromatic carbocycles. The van der Waals surface area contributed by atoms with E-state index in [1.807, 2.05) is 42.6 Å². The van der Waals surface area contributed by atoms with Crippen molar-refractivity contribution in [2.24, 2.45) is 0 Å². The van der Waals surface area contributed by atoms with Crippen LogP contribution in [0.15, 0.2) is 42.6 Å². The number of rotatable bonds is 2. The summed E-state index contributed by atoms with van der Waals surface area (Å²) in [5.74, 6) is 2.57. The summed E-state index contributed by atoms with van der Waals surface area (Å²) in [6.45, 7) is 4.72. The van der Waals surface area contributed by atoms with Gasteiger partial charge in [0.15, 0.2) is 16.6 Å². The van der Waals surface area contributed by atoms with E-state index in [4.69, 9.17) is 21.7 Å². The van der Waals surface area contributed by atoms with Crippen LogP contribution in [-0.4, -0.2) is 54.4 Å². The Balaban J connectivity index is 1.35. The average Bonchev–Trinajstić information content (AvgIpc) is 2.69. The van der Waals surface area contributed by atoms with Gasteiger partial charge < -0.3 is 24.6 Å². The highest BCUT2D eigenvalue weighted by atomic mass is 32.1. The summed E-state index contributed by atoms with van der Waals surface area (Å²) in [5.41, 5.74) is 0.918. The van der Waals surface area contributed by atoms with Crippen molar-refractivity contribution < 1.29 is 9.47 Å². The SMILES string of the molecule is S=C(Nc1ccc2c(c1)OCCO2)N1CCN(c2ccccn2)CC1. The summed E-state index contributed by atoms with van der Waals surface area (Å²) in [4.78, 5) is 8.88. The molecule has 0 radical (unpaired) electrons. The molecular weight excluding hydrogens is 336 g/mol. The molecule has 0 aliphatic carbocycles. The van der Waals surface area contributed by atoms with E-state index in [1.54, 1.807) is 0 Å². The first kappa shape index (κ1) is 16.0. The number of nitrogens with one attached hydrogen (secondary N) is 1. The molecule has 0 atom stereocenters. The first-order valence-electron chi connectivity index (χ1n) is 8.41. The molecular formula is C18H20N4O2S. The van der Waals surface area contributed by atoms with Gasteiger partial charge in [0.2, 0.25) is 0 Å². The zero-order chi connectivity index (χ0) is 17.1. The number of thiocarbonyl (C=S) groups is 1. The lowest BCUT2D eigenvalue weighted by atomic mass is 10.2. The third kappa shape index (κ3) is 3.61. The third-order valence-corrected chi connectivity index (χ3v) is 4.69. The van der Waals surface area contributed by atoms with Crippen molar-refractivity contribution in [3.8, 4) is 11.5 Å². The van der Waals surface area contributed by atoms with Crippen molar-refractivity contribution in [3.63, 3.8) is 0 Å². The Morgan fingerprint density at radius 3 is 2.56 bits per heavy atom. The normalized spacial score (nSPS) is 16.5. The zero-order valence-electron chi connectivity index (χ0n) is 13.9. The molecule has 2 aromatic rings. The number of anilines is 2. The van der Waals surface area contributed by atoms with E-state index in [0.29, 0.717) is 13.2 Å². The van der Waals surface area contributed by atoms with Crippen LogP contribution >= 0.6 is 12.2 Å². The number of hydrogen-bond donors (Lipinski definition) is 1. The molecule has 25 heavy (non-hydrogen) atoms. The van der Waals surface area contributed by atoms with Gasteiger partial charge in [-0.15, -0.1) is 0 Å². The predicted molar refractivity (Wildman–Crippen MR) is 102 cm³/mol. The largest absolute Gasteiger partial charge is 0.486 e. The fourth-order valence-electron chi connectivity index (χ4n) is 3.00. The van der Waals surface area contributed by atoms with E-state index in [0.717, 1.165) is 54.3 Å². The highest BCUT2D eigenvalue weighted by Gasteiger charge is 2.20. The zero-order valence-corrected chi connectivity index (χ0v) is 14.7. The maximum Gasteiger partial charge on any atom is 0.173 e. The van der Waals surface area contributed by atoms with E-state index in [1.165, 1.54) is 0 Å². The van der Waals surface area contributed by atoms with Crippen LogP contribution in [-0.2, 0) is 0 Å². The smallest absolute Gasteiger partial charge is 0.173 e. The quantitative estimate of drug-likeness (QED) is 0.829. The molecule has 130 valence electrons. The van der Waals surface area contributed by atoms with Crippen LogP contribution < -0.4 is 19.7 Å². The molecule has 0 spiro atoms. The number of nitrogens with zero attached hydrogens (tertiary/aromatic N) is 3. The van der Waals surface area contributed by atoms with Gasteiger partial charge in [-0.3, -0.25) is 0 Å². The summed E-state index contributed by atoms with van der Waals surface area (Å²) in [6, 6.07) is 11.8. The van der Waals surface area contributed by atoms with E-state index < -0.39 is 0 Å². The number of ether oxygens (including phenoxy) is 2. The maximum absolute atomic E-state index is 5.62. The highest BCUT2D eigenvalue weighted by Crippen LogP contribution is 2.32. The van der Waals surface area contributed by atoms with Gasteiger partial charge in [0.05, 0.1) is 0 Å². The number of pyridine rings is 1. The van der Waals surface area contributed by atoms with Gasteiger partial charge >= 0.3 is 0 Å². The van der Waals surface area contributed by atoms with Crippen LogP contribution in [0.5, 0.6) is 11.5 Å². The van der Waals surface area contributed by atoms with Gasteiger partial charge in [-0.05, 0) is 36.5 Å². The molecule has 1 aromatic heterocycles. The summed E-state index contributed by atoms with van der Waals surface area (Å²) >= 11 is 5.57. The lowest BCUT2D eigenvalue weighted by Crippen LogP contribution is -2.50. The van der Waals surface area contributed by atoms with Crippen molar-refractivity contribution in [1.82, 2.24) is 9.88 Å². The van der Waals surface area contributed by atoms with Gasteiger partial charge in [0.25, 0.3) is 0 Å². The van der Waals surface area contributed by atoms with E-state index in [9.17, 15) is 0 Å². The van der Waals surface area contributed by atoms with Gasteiger partial charge in [0, 0.05) is 44.1 Å². The Hall–Kier alpha value is -2.54. The molecule has 3 heterocycles. The van der Waals surface area contributed by atoms with Crippen LogP contribution in [0.25, 0.3) is 0 Å². The summed E-state index contributed by atoms with van der Waals surface area (Å²) in [6.07, 6.45) is 1.83. The molecule has 2 aliphatic rings. The van der Waals surface area contributed by atoms with Crippen molar-refractivity contribution >= 4 is 28.8 Å². The molecule has 1 N–H and O–H groups in total. The Morgan fingerprint density at radius 1 is 1.00 bits per heavy atom. The molecule has 0 amide bonds. The number of fused-ring (bicyclic) bond motifs is 1. The molecule has 6 nitrogen and oxygen atoms in total. The Morgan fingerprint density at radius 2 is 1.80 bits per heavy atom. The van der Waals surface area contributed by atoms with E-state index in [-0.39, 0.29) is 0 Å². The average molecular weight is 356 g/mol. The molecule has 1 fully saturated rings. The molecule has 1 saturated heterocycles. The molecule has 7 heteroatoms. The third-order valence-electron chi connectivity index (χ3n) is 4.33. The standard InChI is InChI=1S/C18H20N4O2S/c25-18(20-14-4-5-15-16(13-14)24-12-11-23-15)22-9-7-21(8-10-22)17-3-1-2-6-19-17/h1-6,13H,7-12H2,(H,20,25). The first-order valence-corrected chi connectivity index (χ1v) is 8.82. The van der Waals surface area contributed by atoms with Crippen LogP contribution in [0.3, 0.4) is 0 Å². The van der Waals surface area contributed by atoms with Crippen molar-refractivity contribution in [1.29, 1.82) is 0 Å². The Labute approximate surface area is 152 Å².